The molecular formula is C33H49N3O6S. The van der Waals surface area contributed by atoms with Crippen LogP contribution in [0.1, 0.15) is 77.3 Å². The predicted molar refractivity (Wildman–Crippen MR) is 170 cm³/mol. The quantitative estimate of drug-likeness (QED) is 0.220. The molecule has 0 saturated heterocycles. The monoisotopic (exact) mass is 615 g/mol. The molecule has 0 aliphatic heterocycles. The van der Waals surface area contributed by atoms with E-state index in [0.717, 1.165) is 43.2 Å². The average Bonchev–Trinajstić information content (AvgIpc) is 2.91. The topological polar surface area (TPSA) is 131 Å². The van der Waals surface area contributed by atoms with Crippen LogP contribution in [0.5, 0.6) is 0 Å². The number of unbranched alkanes of at least 4 members (excludes halogenated alkanes) is 5. The lowest BCUT2D eigenvalue weighted by atomic mass is 9.90. The van der Waals surface area contributed by atoms with Crippen LogP contribution in [0.2, 0.25) is 0 Å². The third kappa shape index (κ3) is 15.1. The number of rotatable bonds is 17. The number of ether oxygens (including phenoxy) is 1. The molecule has 10 heteroatoms. The summed E-state index contributed by atoms with van der Waals surface area (Å²) in [5, 5.41) is 8.63. The third-order valence-electron chi connectivity index (χ3n) is 6.82. The Balaban J connectivity index is 2.08. The van der Waals surface area contributed by atoms with Gasteiger partial charge in [0.2, 0.25) is 11.8 Å². The molecule has 0 spiro atoms. The summed E-state index contributed by atoms with van der Waals surface area (Å²) in [6.07, 6.45) is 6.12. The van der Waals surface area contributed by atoms with E-state index in [1.807, 2.05) is 60.7 Å². The summed E-state index contributed by atoms with van der Waals surface area (Å²) in [6.45, 7) is 7.39. The van der Waals surface area contributed by atoms with Crippen molar-refractivity contribution in [2.75, 3.05) is 18.6 Å². The van der Waals surface area contributed by atoms with E-state index in [1.165, 1.54) is 6.26 Å². The molecule has 0 aliphatic rings. The highest BCUT2D eigenvalue weighted by Crippen LogP contribution is 2.16. The van der Waals surface area contributed by atoms with Crippen LogP contribution in [0, 0.1) is 0 Å². The van der Waals surface area contributed by atoms with E-state index >= 15 is 0 Å². The number of nitrogens with one attached hydrogen (secondary N) is 3. The molecule has 0 radical (unpaired) electrons. The Morgan fingerprint density at radius 2 is 1.33 bits per heavy atom. The molecule has 0 fully saturated rings. The Morgan fingerprint density at radius 1 is 0.791 bits per heavy atom. The lowest BCUT2D eigenvalue weighted by molar-refractivity contribution is -0.133. The Hall–Kier alpha value is -3.40. The molecule has 0 unspecified atom stereocenters. The van der Waals surface area contributed by atoms with Crippen molar-refractivity contribution in [1.82, 2.24) is 16.0 Å². The highest BCUT2D eigenvalue weighted by Gasteiger charge is 2.37. The molecule has 9 nitrogen and oxygen atoms in total. The van der Waals surface area contributed by atoms with Gasteiger partial charge in [-0.05, 0) is 51.7 Å². The van der Waals surface area contributed by atoms with E-state index < -0.39 is 39.0 Å². The second-order valence-electron chi connectivity index (χ2n) is 12.4. The van der Waals surface area contributed by atoms with E-state index in [0.29, 0.717) is 13.0 Å². The number of carbonyl (C=O) groups excluding carboxylic acids is 3. The van der Waals surface area contributed by atoms with Crippen LogP contribution in [0.4, 0.5) is 4.79 Å². The Labute approximate surface area is 257 Å². The van der Waals surface area contributed by atoms with Gasteiger partial charge < -0.3 is 20.7 Å². The van der Waals surface area contributed by atoms with Crippen molar-refractivity contribution in [2.45, 2.75) is 96.2 Å². The van der Waals surface area contributed by atoms with Crippen LogP contribution in [0.15, 0.2) is 60.7 Å². The standard InChI is InChI=1S/C33H49N3O6S/c1-32(2,3)42-31(39)35-28(24-26-18-12-10-13-19-26)29(37)36-33(4,25-27-20-14-11-15-21-27)30(38)34-22-16-8-6-7-9-17-23-43(5,40)41/h10-15,18-21,28H,6-9,16-17,22-25H2,1-5H3,(H,34,38)(H,35,39)(H,36,37)/t28-,33+/m0/s1. The van der Waals surface area contributed by atoms with Crippen molar-refractivity contribution in [2.24, 2.45) is 0 Å². The van der Waals surface area contributed by atoms with Crippen LogP contribution in [0.3, 0.4) is 0 Å². The summed E-state index contributed by atoms with van der Waals surface area (Å²) >= 11 is 0. The number of amides is 3. The van der Waals surface area contributed by atoms with Gasteiger partial charge in [-0.2, -0.15) is 0 Å². The SMILES string of the molecule is CC(C)(C)OC(=O)N[C@@H](Cc1ccccc1)C(=O)N[C@](C)(Cc1ccccc1)C(=O)NCCCCCCCCS(C)(=O)=O. The van der Waals surface area contributed by atoms with Crippen LogP contribution in [0.25, 0.3) is 0 Å². The van der Waals surface area contributed by atoms with Gasteiger partial charge in [0.25, 0.3) is 0 Å². The van der Waals surface area contributed by atoms with Crippen molar-refractivity contribution in [3.8, 4) is 0 Å². The Kier molecular flexibility index (Phi) is 14.2. The summed E-state index contributed by atoms with van der Waals surface area (Å²) in [7, 11) is -2.92. The van der Waals surface area contributed by atoms with E-state index in [1.54, 1.807) is 27.7 Å². The van der Waals surface area contributed by atoms with Crippen molar-refractivity contribution in [3.05, 3.63) is 71.8 Å². The molecule has 43 heavy (non-hydrogen) atoms. The molecule has 2 aromatic rings. The van der Waals surface area contributed by atoms with Gasteiger partial charge in [-0.3, -0.25) is 9.59 Å². The zero-order valence-corrected chi connectivity index (χ0v) is 27.1. The van der Waals surface area contributed by atoms with E-state index in [4.69, 9.17) is 4.74 Å². The number of carbonyl (C=O) groups is 3. The normalized spacial score (nSPS) is 13.8. The van der Waals surface area contributed by atoms with Crippen molar-refractivity contribution in [1.29, 1.82) is 0 Å². The molecule has 2 rings (SSSR count). The van der Waals surface area contributed by atoms with Gasteiger partial charge in [-0.1, -0.05) is 86.3 Å². The first-order valence-corrected chi connectivity index (χ1v) is 17.1. The lowest BCUT2D eigenvalue weighted by Crippen LogP contribution is -2.62. The molecule has 2 aromatic carbocycles. The molecule has 3 N–H and O–H groups in total. The summed E-state index contributed by atoms with van der Waals surface area (Å²) in [5.74, 6) is -0.583. The van der Waals surface area contributed by atoms with Crippen LogP contribution in [-0.2, 0) is 37.0 Å². The zero-order valence-electron chi connectivity index (χ0n) is 26.3. The fourth-order valence-electron chi connectivity index (χ4n) is 4.65. The zero-order chi connectivity index (χ0) is 31.9. The van der Waals surface area contributed by atoms with Crippen molar-refractivity contribution in [3.63, 3.8) is 0 Å². The number of benzene rings is 2. The highest BCUT2D eigenvalue weighted by molar-refractivity contribution is 7.90. The first kappa shape index (κ1) is 35.8. The molecule has 0 aliphatic carbocycles. The molecule has 0 bridgehead atoms. The number of alkyl carbamates (subject to hydrolysis) is 1. The molecule has 2 atom stereocenters. The van der Waals surface area contributed by atoms with Gasteiger partial charge in [0.1, 0.15) is 27.0 Å². The minimum absolute atomic E-state index is 0.217. The predicted octanol–water partition coefficient (Wildman–Crippen LogP) is 4.74. The van der Waals surface area contributed by atoms with E-state index in [2.05, 4.69) is 16.0 Å². The van der Waals surface area contributed by atoms with Gasteiger partial charge in [0.15, 0.2) is 0 Å². The van der Waals surface area contributed by atoms with Crippen LogP contribution in [-0.4, -0.2) is 62.1 Å². The van der Waals surface area contributed by atoms with Crippen molar-refractivity contribution < 1.29 is 27.5 Å². The average molecular weight is 616 g/mol. The summed E-state index contributed by atoms with van der Waals surface area (Å²) in [4.78, 5) is 40.0. The lowest BCUT2D eigenvalue weighted by Gasteiger charge is -2.32. The second kappa shape index (κ2) is 17.0. The van der Waals surface area contributed by atoms with Crippen LogP contribution >= 0.6 is 0 Å². The third-order valence-corrected chi connectivity index (χ3v) is 7.85. The molecule has 0 heterocycles. The molecular weight excluding hydrogens is 566 g/mol. The smallest absolute Gasteiger partial charge is 0.408 e. The minimum Gasteiger partial charge on any atom is -0.444 e. The summed E-state index contributed by atoms with van der Waals surface area (Å²) in [5.41, 5.74) is -0.289. The fraction of sp³-hybridized carbons (Fsp3) is 0.545. The number of sulfone groups is 1. The first-order valence-electron chi connectivity index (χ1n) is 15.0. The van der Waals surface area contributed by atoms with Gasteiger partial charge in [-0.25, -0.2) is 13.2 Å². The summed E-state index contributed by atoms with van der Waals surface area (Å²) < 4.78 is 27.9. The molecule has 3 amide bonds. The Bertz CT molecular complexity index is 1260. The van der Waals surface area contributed by atoms with Gasteiger partial charge in [0.05, 0.1) is 0 Å². The summed E-state index contributed by atoms with van der Waals surface area (Å²) in [6, 6.07) is 17.8. The molecule has 0 aromatic heterocycles. The maximum absolute atomic E-state index is 13.7. The fourth-order valence-corrected chi connectivity index (χ4v) is 5.38. The van der Waals surface area contributed by atoms with E-state index in [-0.39, 0.29) is 24.5 Å². The van der Waals surface area contributed by atoms with E-state index in [9.17, 15) is 22.8 Å². The van der Waals surface area contributed by atoms with Crippen molar-refractivity contribution >= 4 is 27.7 Å². The van der Waals surface area contributed by atoms with Crippen LogP contribution < -0.4 is 16.0 Å². The number of hydrogen-bond acceptors (Lipinski definition) is 6. The second-order valence-corrected chi connectivity index (χ2v) is 14.6. The molecule has 238 valence electrons. The maximum Gasteiger partial charge on any atom is 0.408 e. The Morgan fingerprint density at radius 3 is 1.88 bits per heavy atom. The number of hydrogen-bond donors (Lipinski definition) is 3. The van der Waals surface area contributed by atoms with Gasteiger partial charge >= 0.3 is 6.09 Å². The highest BCUT2D eigenvalue weighted by atomic mass is 32.2. The maximum atomic E-state index is 13.7. The largest absolute Gasteiger partial charge is 0.444 e. The van der Waals surface area contributed by atoms with Gasteiger partial charge in [0, 0.05) is 31.4 Å². The minimum atomic E-state index is -2.92. The first-order chi connectivity index (χ1) is 20.2. The molecule has 0 saturated carbocycles. The van der Waals surface area contributed by atoms with Gasteiger partial charge in [-0.15, -0.1) is 0 Å².